The maximum atomic E-state index is 11.6. The van der Waals surface area contributed by atoms with Gasteiger partial charge in [-0.3, -0.25) is 14.8 Å². The van der Waals surface area contributed by atoms with E-state index in [2.05, 4.69) is 16.5 Å². The van der Waals surface area contributed by atoms with E-state index < -0.39 is 0 Å². The van der Waals surface area contributed by atoms with Crippen molar-refractivity contribution in [3.63, 3.8) is 0 Å². The van der Waals surface area contributed by atoms with Crippen LogP contribution < -0.4 is 0 Å². The van der Waals surface area contributed by atoms with Gasteiger partial charge in [-0.15, -0.1) is 0 Å². The van der Waals surface area contributed by atoms with Crippen molar-refractivity contribution in [3.05, 3.63) is 35.4 Å². The molecule has 1 heterocycles. The highest BCUT2D eigenvalue weighted by atomic mass is 16.5. The molecule has 0 aliphatic carbocycles. The molecule has 1 unspecified atom stereocenters. The fourth-order valence-corrected chi connectivity index (χ4v) is 1.36. The highest BCUT2D eigenvalue weighted by Crippen LogP contribution is 2.09. The molecule has 1 aromatic heterocycles. The molecule has 1 atom stereocenters. The molecule has 4 nitrogen and oxygen atoms in total. The molecule has 4 heteroatoms. The van der Waals surface area contributed by atoms with Crippen molar-refractivity contribution >= 4 is 5.97 Å². The zero-order chi connectivity index (χ0) is 13.0. The lowest BCUT2D eigenvalue weighted by molar-refractivity contribution is -0.145. The minimum atomic E-state index is -0.307. The Morgan fingerprint density at radius 1 is 1.29 bits per heavy atom. The Hall–Kier alpha value is -1.71. The van der Waals surface area contributed by atoms with Gasteiger partial charge in [-0.25, -0.2) is 0 Å². The van der Waals surface area contributed by atoms with Gasteiger partial charge in [-0.05, 0) is 27.7 Å². The first-order chi connectivity index (χ1) is 7.93. The molecule has 17 heavy (non-hydrogen) atoms. The minimum Gasteiger partial charge on any atom is -0.458 e. The van der Waals surface area contributed by atoms with Crippen molar-refractivity contribution in [2.75, 3.05) is 0 Å². The van der Waals surface area contributed by atoms with Crippen LogP contribution in [0.25, 0.3) is 0 Å². The quantitative estimate of drug-likeness (QED) is 0.591. The molecule has 0 aromatic carbocycles. The van der Waals surface area contributed by atoms with E-state index in [0.29, 0.717) is 5.69 Å². The van der Waals surface area contributed by atoms with Crippen LogP contribution in [0.3, 0.4) is 0 Å². The Morgan fingerprint density at radius 2 is 1.88 bits per heavy atom. The molecular formula is C13H18N2O2. The summed E-state index contributed by atoms with van der Waals surface area (Å²) in [5, 5.41) is 0. The van der Waals surface area contributed by atoms with Crippen LogP contribution in [0.1, 0.15) is 29.7 Å². The van der Waals surface area contributed by atoms with E-state index in [-0.39, 0.29) is 18.5 Å². The maximum Gasteiger partial charge on any atom is 0.312 e. The Kier molecular flexibility index (Phi) is 4.37. The SMILES string of the molecule is C=CC(C)OC(=O)Cc1nc(C)c(C)nc1C. The Balaban J connectivity index is 2.78. The number of ether oxygens (including phenoxy) is 1. The summed E-state index contributed by atoms with van der Waals surface area (Å²) in [4.78, 5) is 20.3. The third kappa shape index (κ3) is 3.66. The van der Waals surface area contributed by atoms with Crippen molar-refractivity contribution in [1.29, 1.82) is 0 Å². The third-order valence-corrected chi connectivity index (χ3v) is 2.54. The third-order valence-electron chi connectivity index (χ3n) is 2.54. The molecule has 0 amide bonds. The normalized spacial score (nSPS) is 12.0. The van der Waals surface area contributed by atoms with Gasteiger partial charge in [-0.1, -0.05) is 12.7 Å². The fraction of sp³-hybridized carbons (Fsp3) is 0.462. The standard InChI is InChI=1S/C13H18N2O2/c1-6-8(2)17-13(16)7-12-11(5)14-9(3)10(4)15-12/h6,8H,1,7H2,2-5H3. The van der Waals surface area contributed by atoms with Gasteiger partial charge in [-0.2, -0.15) is 0 Å². The number of hydrogen-bond acceptors (Lipinski definition) is 4. The van der Waals surface area contributed by atoms with Gasteiger partial charge in [0.15, 0.2) is 0 Å². The highest BCUT2D eigenvalue weighted by Gasteiger charge is 2.12. The van der Waals surface area contributed by atoms with Crippen LogP contribution in [0.4, 0.5) is 0 Å². The van der Waals surface area contributed by atoms with Crippen LogP contribution >= 0.6 is 0 Å². The lowest BCUT2D eigenvalue weighted by Gasteiger charge is -2.10. The Labute approximate surface area is 102 Å². The van der Waals surface area contributed by atoms with Gasteiger partial charge < -0.3 is 4.74 Å². The number of carbonyl (C=O) groups excluding carboxylic acids is 1. The molecule has 0 spiro atoms. The van der Waals surface area contributed by atoms with E-state index in [4.69, 9.17) is 4.74 Å². The molecule has 0 radical (unpaired) electrons. The molecule has 0 saturated heterocycles. The zero-order valence-electron chi connectivity index (χ0n) is 10.8. The average molecular weight is 234 g/mol. The second kappa shape index (κ2) is 5.57. The van der Waals surface area contributed by atoms with Crippen molar-refractivity contribution in [3.8, 4) is 0 Å². The number of carbonyl (C=O) groups is 1. The summed E-state index contributed by atoms with van der Waals surface area (Å²) < 4.78 is 5.10. The predicted octanol–water partition coefficient (Wildman–Crippen LogP) is 2.06. The second-order valence-electron chi connectivity index (χ2n) is 4.03. The Bertz CT molecular complexity index is 441. The second-order valence-corrected chi connectivity index (χ2v) is 4.03. The molecule has 92 valence electrons. The highest BCUT2D eigenvalue weighted by molar-refractivity contribution is 5.72. The Morgan fingerprint density at radius 3 is 2.47 bits per heavy atom. The summed E-state index contributed by atoms with van der Waals surface area (Å²) in [6.45, 7) is 11.0. The van der Waals surface area contributed by atoms with Crippen LogP contribution in [0.5, 0.6) is 0 Å². The average Bonchev–Trinajstić information content (AvgIpc) is 2.25. The van der Waals surface area contributed by atoms with E-state index >= 15 is 0 Å². The predicted molar refractivity (Wildman–Crippen MR) is 65.7 cm³/mol. The lowest BCUT2D eigenvalue weighted by Crippen LogP contribution is -2.16. The molecule has 0 aliphatic heterocycles. The molecule has 0 N–H and O–H groups in total. The van der Waals surface area contributed by atoms with Crippen LogP contribution in [0, 0.1) is 20.8 Å². The van der Waals surface area contributed by atoms with Crippen molar-refractivity contribution in [2.24, 2.45) is 0 Å². The van der Waals surface area contributed by atoms with Gasteiger partial charge in [0.25, 0.3) is 0 Å². The van der Waals surface area contributed by atoms with E-state index in [1.54, 1.807) is 13.0 Å². The smallest absolute Gasteiger partial charge is 0.312 e. The summed E-state index contributed by atoms with van der Waals surface area (Å²) in [5.74, 6) is -0.307. The summed E-state index contributed by atoms with van der Waals surface area (Å²) >= 11 is 0. The van der Waals surface area contributed by atoms with Crippen LogP contribution in [0.15, 0.2) is 12.7 Å². The first-order valence-electron chi connectivity index (χ1n) is 5.56. The first-order valence-corrected chi connectivity index (χ1v) is 5.56. The topological polar surface area (TPSA) is 52.1 Å². The van der Waals surface area contributed by atoms with Gasteiger partial charge in [0.05, 0.1) is 29.2 Å². The lowest BCUT2D eigenvalue weighted by atomic mass is 10.2. The number of esters is 1. The van der Waals surface area contributed by atoms with E-state index in [9.17, 15) is 4.79 Å². The molecule has 0 saturated carbocycles. The van der Waals surface area contributed by atoms with Crippen LogP contribution in [-0.2, 0) is 16.0 Å². The van der Waals surface area contributed by atoms with Gasteiger partial charge in [0.2, 0.25) is 0 Å². The first kappa shape index (κ1) is 13.4. The molecule has 1 aromatic rings. The molecule has 0 fully saturated rings. The number of aromatic nitrogens is 2. The van der Waals surface area contributed by atoms with Gasteiger partial charge in [0, 0.05) is 0 Å². The maximum absolute atomic E-state index is 11.6. The van der Waals surface area contributed by atoms with Crippen molar-refractivity contribution in [2.45, 2.75) is 40.2 Å². The van der Waals surface area contributed by atoms with Crippen molar-refractivity contribution < 1.29 is 9.53 Å². The summed E-state index contributed by atoms with van der Waals surface area (Å²) in [6.07, 6.45) is 1.46. The van der Waals surface area contributed by atoms with Crippen molar-refractivity contribution in [1.82, 2.24) is 9.97 Å². The zero-order valence-corrected chi connectivity index (χ0v) is 10.8. The summed E-state index contributed by atoms with van der Waals surface area (Å²) in [7, 11) is 0. The molecular weight excluding hydrogens is 216 g/mol. The largest absolute Gasteiger partial charge is 0.458 e. The monoisotopic (exact) mass is 234 g/mol. The minimum absolute atomic E-state index is 0.151. The summed E-state index contributed by atoms with van der Waals surface area (Å²) in [5.41, 5.74) is 3.18. The number of rotatable bonds is 4. The molecule has 0 aliphatic rings. The number of nitrogens with zero attached hydrogens (tertiary/aromatic N) is 2. The fourth-order valence-electron chi connectivity index (χ4n) is 1.36. The van der Waals surface area contributed by atoms with E-state index in [1.807, 2.05) is 20.8 Å². The van der Waals surface area contributed by atoms with E-state index in [0.717, 1.165) is 17.1 Å². The van der Waals surface area contributed by atoms with Gasteiger partial charge in [0.1, 0.15) is 6.10 Å². The van der Waals surface area contributed by atoms with E-state index in [1.165, 1.54) is 0 Å². The van der Waals surface area contributed by atoms with Crippen LogP contribution in [0.2, 0.25) is 0 Å². The van der Waals surface area contributed by atoms with Gasteiger partial charge >= 0.3 is 5.97 Å². The molecule has 1 rings (SSSR count). The summed E-state index contributed by atoms with van der Waals surface area (Å²) in [6, 6.07) is 0. The number of aryl methyl sites for hydroxylation is 3. The van der Waals surface area contributed by atoms with Crippen LogP contribution in [-0.4, -0.2) is 22.0 Å². The molecule has 0 bridgehead atoms. The number of hydrogen-bond donors (Lipinski definition) is 0.